The highest BCUT2D eigenvalue weighted by atomic mass is 16.1. The third-order valence-corrected chi connectivity index (χ3v) is 4.10. The first-order valence-corrected chi connectivity index (χ1v) is 7.70. The fourth-order valence-electron chi connectivity index (χ4n) is 2.79. The highest BCUT2D eigenvalue weighted by Gasteiger charge is 2.22. The first kappa shape index (κ1) is 15.8. The second-order valence-corrected chi connectivity index (χ2v) is 5.70. The zero-order valence-electron chi connectivity index (χ0n) is 13.0. The number of benzene rings is 1. The SMILES string of the molecule is CCN1CCN(CCC(=O)Nc2ccc(N)cc2)CC1C. The molecule has 5 heteroatoms. The number of hydrogen-bond acceptors (Lipinski definition) is 4. The Kier molecular flexibility index (Phi) is 5.59. The van der Waals surface area contributed by atoms with Crippen LogP contribution < -0.4 is 11.1 Å². The van der Waals surface area contributed by atoms with Gasteiger partial charge in [-0.05, 0) is 37.7 Å². The van der Waals surface area contributed by atoms with Crippen molar-refractivity contribution in [1.82, 2.24) is 9.80 Å². The van der Waals surface area contributed by atoms with Crippen molar-refractivity contribution in [2.75, 3.05) is 43.8 Å². The lowest BCUT2D eigenvalue weighted by Crippen LogP contribution is -2.52. The summed E-state index contributed by atoms with van der Waals surface area (Å²) in [6.45, 7) is 9.57. The van der Waals surface area contributed by atoms with Crippen LogP contribution in [0, 0.1) is 0 Å². The number of amides is 1. The van der Waals surface area contributed by atoms with Crippen LogP contribution in [0.1, 0.15) is 20.3 Å². The number of nitrogens with two attached hydrogens (primary N) is 1. The Morgan fingerprint density at radius 1 is 1.33 bits per heavy atom. The summed E-state index contributed by atoms with van der Waals surface area (Å²) in [4.78, 5) is 16.8. The molecular formula is C16H26N4O. The van der Waals surface area contributed by atoms with E-state index in [9.17, 15) is 4.79 Å². The van der Waals surface area contributed by atoms with E-state index < -0.39 is 0 Å². The maximum atomic E-state index is 12.0. The number of nitrogen functional groups attached to an aromatic ring is 1. The summed E-state index contributed by atoms with van der Waals surface area (Å²) < 4.78 is 0. The van der Waals surface area contributed by atoms with Gasteiger partial charge in [0.15, 0.2) is 0 Å². The summed E-state index contributed by atoms with van der Waals surface area (Å²) in [7, 11) is 0. The van der Waals surface area contributed by atoms with E-state index in [1.54, 1.807) is 12.1 Å². The number of carbonyl (C=O) groups excluding carboxylic acids is 1. The zero-order valence-corrected chi connectivity index (χ0v) is 13.0. The number of carbonyl (C=O) groups is 1. The van der Waals surface area contributed by atoms with E-state index in [0.29, 0.717) is 18.2 Å². The number of likely N-dealkylation sites (N-methyl/N-ethyl adjacent to an activating group) is 1. The van der Waals surface area contributed by atoms with Crippen LogP contribution >= 0.6 is 0 Å². The minimum atomic E-state index is 0.0605. The average molecular weight is 290 g/mol. The molecule has 1 aromatic carbocycles. The molecule has 1 heterocycles. The van der Waals surface area contributed by atoms with E-state index in [4.69, 9.17) is 5.73 Å². The van der Waals surface area contributed by atoms with Crippen LogP contribution in [0.3, 0.4) is 0 Å². The molecule has 1 unspecified atom stereocenters. The van der Waals surface area contributed by atoms with E-state index in [1.165, 1.54) is 0 Å². The maximum absolute atomic E-state index is 12.0. The fraction of sp³-hybridized carbons (Fsp3) is 0.562. The van der Waals surface area contributed by atoms with Gasteiger partial charge in [-0.3, -0.25) is 9.69 Å². The van der Waals surface area contributed by atoms with Crippen LogP contribution in [0.2, 0.25) is 0 Å². The molecule has 116 valence electrons. The molecule has 3 N–H and O–H groups in total. The molecular weight excluding hydrogens is 264 g/mol. The first-order chi connectivity index (χ1) is 10.1. The van der Waals surface area contributed by atoms with E-state index in [1.807, 2.05) is 12.1 Å². The fourth-order valence-corrected chi connectivity index (χ4v) is 2.79. The molecule has 1 atom stereocenters. The first-order valence-electron chi connectivity index (χ1n) is 7.70. The predicted molar refractivity (Wildman–Crippen MR) is 87.3 cm³/mol. The summed E-state index contributed by atoms with van der Waals surface area (Å²) in [6.07, 6.45) is 0.531. The number of rotatable bonds is 5. The van der Waals surface area contributed by atoms with Gasteiger partial charge in [0.05, 0.1) is 0 Å². The Morgan fingerprint density at radius 2 is 2.05 bits per heavy atom. The highest BCUT2D eigenvalue weighted by Crippen LogP contribution is 2.12. The van der Waals surface area contributed by atoms with Crippen molar-refractivity contribution in [2.45, 2.75) is 26.3 Å². The van der Waals surface area contributed by atoms with Gasteiger partial charge in [-0.25, -0.2) is 0 Å². The van der Waals surface area contributed by atoms with Gasteiger partial charge in [0.2, 0.25) is 5.91 Å². The van der Waals surface area contributed by atoms with Gasteiger partial charge in [-0.1, -0.05) is 6.92 Å². The zero-order chi connectivity index (χ0) is 15.2. The Hall–Kier alpha value is -1.59. The van der Waals surface area contributed by atoms with Gasteiger partial charge in [-0.2, -0.15) is 0 Å². The normalized spacial score (nSPS) is 20.4. The van der Waals surface area contributed by atoms with E-state index in [0.717, 1.165) is 38.4 Å². The molecule has 0 bridgehead atoms. The van der Waals surface area contributed by atoms with E-state index in [-0.39, 0.29) is 5.91 Å². The van der Waals surface area contributed by atoms with Crippen LogP contribution in [0.25, 0.3) is 0 Å². The van der Waals surface area contributed by atoms with Crippen molar-refractivity contribution < 1.29 is 4.79 Å². The Balaban J connectivity index is 1.73. The van der Waals surface area contributed by atoms with Crippen molar-refractivity contribution in [1.29, 1.82) is 0 Å². The number of hydrogen-bond donors (Lipinski definition) is 2. The standard InChI is InChI=1S/C16H26N4O/c1-3-20-11-10-19(12-13(20)2)9-8-16(21)18-15-6-4-14(17)5-7-15/h4-7,13H,3,8-12,17H2,1-2H3,(H,18,21). The van der Waals surface area contributed by atoms with Crippen LogP contribution in [-0.4, -0.2) is 54.5 Å². The van der Waals surface area contributed by atoms with Gasteiger partial charge >= 0.3 is 0 Å². The maximum Gasteiger partial charge on any atom is 0.225 e. The molecule has 5 nitrogen and oxygen atoms in total. The summed E-state index contributed by atoms with van der Waals surface area (Å²) in [5, 5.41) is 2.91. The van der Waals surface area contributed by atoms with Gasteiger partial charge in [0.1, 0.15) is 0 Å². The van der Waals surface area contributed by atoms with Crippen LogP contribution in [-0.2, 0) is 4.79 Å². The molecule has 1 amide bonds. The van der Waals surface area contributed by atoms with Crippen molar-refractivity contribution in [2.24, 2.45) is 0 Å². The van der Waals surface area contributed by atoms with Crippen molar-refractivity contribution in [3.05, 3.63) is 24.3 Å². The van der Waals surface area contributed by atoms with E-state index in [2.05, 4.69) is 29.0 Å². The Labute approximate surface area is 127 Å². The summed E-state index contributed by atoms with van der Waals surface area (Å²) in [5.41, 5.74) is 7.13. The number of piperazine rings is 1. The second-order valence-electron chi connectivity index (χ2n) is 5.70. The topological polar surface area (TPSA) is 61.6 Å². The molecule has 0 radical (unpaired) electrons. The molecule has 1 fully saturated rings. The van der Waals surface area contributed by atoms with E-state index >= 15 is 0 Å². The minimum Gasteiger partial charge on any atom is -0.399 e. The number of nitrogens with one attached hydrogen (secondary N) is 1. The molecule has 21 heavy (non-hydrogen) atoms. The molecule has 2 rings (SSSR count). The number of nitrogens with zero attached hydrogens (tertiary/aromatic N) is 2. The average Bonchev–Trinajstić information content (AvgIpc) is 2.48. The third-order valence-electron chi connectivity index (χ3n) is 4.10. The quantitative estimate of drug-likeness (QED) is 0.809. The third kappa shape index (κ3) is 4.72. The van der Waals surface area contributed by atoms with Crippen LogP contribution in [0.5, 0.6) is 0 Å². The second kappa shape index (κ2) is 7.43. The van der Waals surface area contributed by atoms with Crippen molar-refractivity contribution in [3.8, 4) is 0 Å². The summed E-state index contributed by atoms with van der Waals surface area (Å²) in [6, 6.07) is 7.82. The Morgan fingerprint density at radius 3 is 2.67 bits per heavy atom. The lowest BCUT2D eigenvalue weighted by molar-refractivity contribution is -0.116. The van der Waals surface area contributed by atoms with Crippen LogP contribution in [0.4, 0.5) is 11.4 Å². The lowest BCUT2D eigenvalue weighted by atomic mass is 10.2. The van der Waals surface area contributed by atoms with Gasteiger partial charge < -0.3 is 16.0 Å². The molecule has 0 aliphatic carbocycles. The Bertz CT molecular complexity index is 460. The highest BCUT2D eigenvalue weighted by molar-refractivity contribution is 5.90. The van der Waals surface area contributed by atoms with Crippen LogP contribution in [0.15, 0.2) is 24.3 Å². The number of anilines is 2. The molecule has 1 saturated heterocycles. The largest absolute Gasteiger partial charge is 0.399 e. The minimum absolute atomic E-state index is 0.0605. The lowest BCUT2D eigenvalue weighted by Gasteiger charge is -2.39. The summed E-state index contributed by atoms with van der Waals surface area (Å²) >= 11 is 0. The molecule has 0 spiro atoms. The van der Waals surface area contributed by atoms with Crippen molar-refractivity contribution >= 4 is 17.3 Å². The predicted octanol–water partition coefficient (Wildman–Crippen LogP) is 1.62. The van der Waals surface area contributed by atoms with Gasteiger partial charge in [0, 0.05) is 50.0 Å². The van der Waals surface area contributed by atoms with Gasteiger partial charge in [-0.15, -0.1) is 0 Å². The molecule has 0 saturated carbocycles. The summed E-state index contributed by atoms with van der Waals surface area (Å²) in [5.74, 6) is 0.0605. The molecule has 0 aromatic heterocycles. The monoisotopic (exact) mass is 290 g/mol. The molecule has 1 aliphatic rings. The smallest absolute Gasteiger partial charge is 0.225 e. The van der Waals surface area contributed by atoms with Gasteiger partial charge in [0.25, 0.3) is 0 Å². The van der Waals surface area contributed by atoms with Crippen molar-refractivity contribution in [3.63, 3.8) is 0 Å². The molecule has 1 aliphatic heterocycles. The molecule has 1 aromatic rings.